The molecule has 0 saturated carbocycles. The van der Waals surface area contributed by atoms with Crippen LogP contribution >= 0.6 is 11.6 Å². The number of amides is 1. The summed E-state index contributed by atoms with van der Waals surface area (Å²) in [7, 11) is 3.28. The number of aromatic nitrogens is 2. The van der Waals surface area contributed by atoms with E-state index in [4.69, 9.17) is 25.6 Å². The number of hydrogen-bond acceptors (Lipinski definition) is 6. The van der Waals surface area contributed by atoms with Gasteiger partial charge in [0, 0.05) is 17.6 Å². The van der Waals surface area contributed by atoms with E-state index in [0.717, 1.165) is 11.3 Å². The van der Waals surface area contributed by atoms with Crippen LogP contribution < -0.4 is 9.47 Å². The Morgan fingerprint density at radius 3 is 2.62 bits per heavy atom. The second-order valence-corrected chi connectivity index (χ2v) is 6.84. The molecule has 1 aromatic heterocycles. The van der Waals surface area contributed by atoms with Crippen molar-refractivity contribution in [3.8, 4) is 22.9 Å². The van der Waals surface area contributed by atoms with E-state index in [9.17, 15) is 4.79 Å². The van der Waals surface area contributed by atoms with Gasteiger partial charge in [-0.05, 0) is 48.9 Å². The topological polar surface area (TPSA) is 77.7 Å². The Labute approximate surface area is 174 Å². The highest BCUT2D eigenvalue weighted by Gasteiger charge is 2.24. The molecule has 0 radical (unpaired) electrons. The van der Waals surface area contributed by atoms with E-state index in [-0.39, 0.29) is 12.5 Å². The lowest BCUT2D eigenvalue weighted by atomic mass is 10.2. The molecule has 1 heterocycles. The third kappa shape index (κ3) is 5.26. The van der Waals surface area contributed by atoms with E-state index in [0.29, 0.717) is 28.9 Å². The Morgan fingerprint density at radius 1 is 1.21 bits per heavy atom. The minimum atomic E-state index is -0.637. The third-order valence-electron chi connectivity index (χ3n) is 4.29. The molecule has 0 spiro atoms. The Hall–Kier alpha value is -3.06. The molecular weight excluding hydrogens is 394 g/mol. The molecule has 0 aliphatic heterocycles. The van der Waals surface area contributed by atoms with Gasteiger partial charge < -0.3 is 18.9 Å². The zero-order valence-corrected chi connectivity index (χ0v) is 17.2. The SMILES string of the molecule is CC[C@@H](Oc1cccc(Cl)c1)C(=O)N(C)Cc1nc(-c2ccc(OC)cc2)no1. The maximum Gasteiger partial charge on any atom is 0.263 e. The molecule has 3 rings (SSSR count). The molecular formula is C21H22ClN3O4. The van der Waals surface area contributed by atoms with Gasteiger partial charge in [0.25, 0.3) is 5.91 Å². The molecule has 0 N–H and O–H groups in total. The summed E-state index contributed by atoms with van der Waals surface area (Å²) in [5.41, 5.74) is 0.797. The van der Waals surface area contributed by atoms with Crippen LogP contribution in [-0.4, -0.2) is 41.2 Å². The van der Waals surface area contributed by atoms with Crippen LogP contribution in [0.4, 0.5) is 0 Å². The quantitative estimate of drug-likeness (QED) is 0.548. The molecule has 0 bridgehead atoms. The second kappa shape index (κ2) is 9.43. The van der Waals surface area contributed by atoms with Gasteiger partial charge in [-0.3, -0.25) is 4.79 Å². The van der Waals surface area contributed by atoms with E-state index < -0.39 is 6.10 Å². The van der Waals surface area contributed by atoms with E-state index in [1.165, 1.54) is 4.90 Å². The normalized spacial score (nSPS) is 11.7. The highest BCUT2D eigenvalue weighted by atomic mass is 35.5. The minimum Gasteiger partial charge on any atom is -0.497 e. The van der Waals surface area contributed by atoms with Crippen LogP contribution in [0.15, 0.2) is 53.1 Å². The zero-order chi connectivity index (χ0) is 20.8. The second-order valence-electron chi connectivity index (χ2n) is 6.41. The summed E-state index contributed by atoms with van der Waals surface area (Å²) in [6.45, 7) is 2.06. The first-order chi connectivity index (χ1) is 14.0. The molecule has 152 valence electrons. The standard InChI is InChI=1S/C21H22ClN3O4/c1-4-18(28-17-7-5-6-15(22)12-17)21(26)25(2)13-19-23-20(24-29-19)14-8-10-16(27-3)11-9-14/h5-12,18H,4,13H2,1-3H3/t18-/m1/s1. The summed E-state index contributed by atoms with van der Waals surface area (Å²) in [6, 6.07) is 14.3. The lowest BCUT2D eigenvalue weighted by molar-refractivity contribution is -0.138. The minimum absolute atomic E-state index is 0.178. The van der Waals surface area contributed by atoms with Gasteiger partial charge in [-0.1, -0.05) is 29.7 Å². The molecule has 2 aromatic carbocycles. The summed E-state index contributed by atoms with van der Waals surface area (Å²) < 4.78 is 16.3. The van der Waals surface area contributed by atoms with Crippen molar-refractivity contribution in [1.29, 1.82) is 0 Å². The number of benzene rings is 2. The summed E-state index contributed by atoms with van der Waals surface area (Å²) in [5.74, 6) is 1.89. The highest BCUT2D eigenvalue weighted by Crippen LogP contribution is 2.21. The first-order valence-corrected chi connectivity index (χ1v) is 9.52. The predicted molar refractivity (Wildman–Crippen MR) is 109 cm³/mol. The van der Waals surface area contributed by atoms with Gasteiger partial charge in [0.2, 0.25) is 11.7 Å². The smallest absolute Gasteiger partial charge is 0.263 e. The molecule has 1 amide bonds. The molecule has 0 unspecified atom stereocenters. The van der Waals surface area contributed by atoms with Crippen LogP contribution in [0.3, 0.4) is 0 Å². The van der Waals surface area contributed by atoms with E-state index >= 15 is 0 Å². The number of methoxy groups -OCH3 is 1. The number of carbonyl (C=O) groups is 1. The zero-order valence-electron chi connectivity index (χ0n) is 16.5. The number of halogens is 1. The molecule has 8 heteroatoms. The fourth-order valence-corrected chi connectivity index (χ4v) is 2.90. The first kappa shape index (κ1) is 20.7. The van der Waals surface area contributed by atoms with Gasteiger partial charge >= 0.3 is 0 Å². The monoisotopic (exact) mass is 415 g/mol. The molecule has 3 aromatic rings. The average molecular weight is 416 g/mol. The summed E-state index contributed by atoms with van der Waals surface area (Å²) in [4.78, 5) is 18.7. The van der Waals surface area contributed by atoms with Crippen LogP contribution in [0.25, 0.3) is 11.4 Å². The van der Waals surface area contributed by atoms with Gasteiger partial charge in [0.05, 0.1) is 13.7 Å². The summed E-state index contributed by atoms with van der Waals surface area (Å²) in [5, 5.41) is 4.54. The molecule has 0 aliphatic carbocycles. The number of hydrogen-bond donors (Lipinski definition) is 0. The van der Waals surface area contributed by atoms with Crippen molar-refractivity contribution in [1.82, 2.24) is 15.0 Å². The Kier molecular flexibility index (Phi) is 6.72. The van der Waals surface area contributed by atoms with Crippen molar-refractivity contribution in [2.45, 2.75) is 26.0 Å². The molecule has 0 saturated heterocycles. The third-order valence-corrected chi connectivity index (χ3v) is 4.52. The van der Waals surface area contributed by atoms with Crippen molar-refractivity contribution in [2.24, 2.45) is 0 Å². The fourth-order valence-electron chi connectivity index (χ4n) is 2.72. The fraction of sp³-hybridized carbons (Fsp3) is 0.286. The molecule has 1 atom stereocenters. The van der Waals surface area contributed by atoms with Crippen LogP contribution in [0.1, 0.15) is 19.2 Å². The van der Waals surface area contributed by atoms with Crippen molar-refractivity contribution < 1.29 is 18.8 Å². The number of rotatable bonds is 8. The van der Waals surface area contributed by atoms with Crippen LogP contribution in [-0.2, 0) is 11.3 Å². The molecule has 0 aliphatic rings. The Balaban J connectivity index is 1.64. The lowest BCUT2D eigenvalue weighted by Crippen LogP contribution is -2.39. The van der Waals surface area contributed by atoms with Crippen LogP contribution in [0.5, 0.6) is 11.5 Å². The lowest BCUT2D eigenvalue weighted by Gasteiger charge is -2.22. The maximum absolute atomic E-state index is 12.8. The maximum atomic E-state index is 12.8. The van der Waals surface area contributed by atoms with Gasteiger partial charge in [-0.25, -0.2) is 0 Å². The highest BCUT2D eigenvalue weighted by molar-refractivity contribution is 6.30. The first-order valence-electron chi connectivity index (χ1n) is 9.14. The molecule has 29 heavy (non-hydrogen) atoms. The van der Waals surface area contributed by atoms with Crippen molar-refractivity contribution in [3.63, 3.8) is 0 Å². The van der Waals surface area contributed by atoms with Crippen LogP contribution in [0, 0.1) is 0 Å². The number of carbonyl (C=O) groups excluding carboxylic acids is 1. The number of ether oxygens (including phenoxy) is 2. The average Bonchev–Trinajstić information content (AvgIpc) is 3.20. The van der Waals surface area contributed by atoms with E-state index in [1.807, 2.05) is 31.2 Å². The summed E-state index contributed by atoms with van der Waals surface area (Å²) in [6.07, 6.45) is -0.126. The predicted octanol–water partition coefficient (Wildman–Crippen LogP) is 4.21. The van der Waals surface area contributed by atoms with E-state index in [2.05, 4.69) is 10.1 Å². The van der Waals surface area contributed by atoms with Crippen molar-refractivity contribution in [2.75, 3.05) is 14.2 Å². The largest absolute Gasteiger partial charge is 0.497 e. The Bertz CT molecular complexity index is 959. The van der Waals surface area contributed by atoms with Crippen LogP contribution in [0.2, 0.25) is 5.02 Å². The van der Waals surface area contributed by atoms with Gasteiger partial charge in [0.1, 0.15) is 11.5 Å². The summed E-state index contributed by atoms with van der Waals surface area (Å²) >= 11 is 5.98. The molecule has 0 fully saturated rings. The Morgan fingerprint density at radius 2 is 1.97 bits per heavy atom. The van der Waals surface area contributed by atoms with Gasteiger partial charge in [-0.2, -0.15) is 4.98 Å². The molecule has 7 nitrogen and oxygen atoms in total. The van der Waals surface area contributed by atoms with E-state index in [1.54, 1.807) is 38.4 Å². The number of likely N-dealkylation sites (N-methyl/N-ethyl adjacent to an activating group) is 1. The van der Waals surface area contributed by atoms with Gasteiger partial charge in [-0.15, -0.1) is 0 Å². The number of nitrogens with zero attached hydrogens (tertiary/aromatic N) is 3. The van der Waals surface area contributed by atoms with Crippen molar-refractivity contribution >= 4 is 17.5 Å². The van der Waals surface area contributed by atoms with Gasteiger partial charge in [0.15, 0.2) is 6.10 Å². The van der Waals surface area contributed by atoms with Crippen molar-refractivity contribution in [3.05, 3.63) is 59.4 Å².